The highest BCUT2D eigenvalue weighted by Gasteiger charge is 2.21. The quantitative estimate of drug-likeness (QED) is 0.642. The average molecular weight is 393 g/mol. The van der Waals surface area contributed by atoms with E-state index < -0.39 is 11.9 Å². The Labute approximate surface area is 169 Å². The fraction of sp³-hybridized carbons (Fsp3) is 0.227. The number of methoxy groups -OCH3 is 1. The molecule has 29 heavy (non-hydrogen) atoms. The first-order valence-electron chi connectivity index (χ1n) is 9.25. The molecule has 2 aromatic carbocycles. The maximum Gasteiger partial charge on any atom is 0.274 e. The molecule has 1 heterocycles. The molecule has 0 aliphatic rings. The van der Waals surface area contributed by atoms with Gasteiger partial charge in [-0.1, -0.05) is 35.5 Å². The molecule has 7 nitrogen and oxygen atoms in total. The van der Waals surface area contributed by atoms with E-state index in [1.54, 1.807) is 26.2 Å². The smallest absolute Gasteiger partial charge is 0.274 e. The molecule has 0 aliphatic carbocycles. The number of carbonyl (C=O) groups excluding carboxylic acids is 2. The summed E-state index contributed by atoms with van der Waals surface area (Å²) < 4.78 is 10.4. The predicted octanol–water partition coefficient (Wildman–Crippen LogP) is 3.35. The third-order valence-electron chi connectivity index (χ3n) is 4.52. The van der Waals surface area contributed by atoms with Crippen LogP contribution in [0.15, 0.2) is 65.2 Å². The van der Waals surface area contributed by atoms with Crippen molar-refractivity contribution in [1.82, 2.24) is 15.8 Å². The molecule has 0 aliphatic heterocycles. The van der Waals surface area contributed by atoms with Gasteiger partial charge in [0.2, 0.25) is 5.91 Å². The van der Waals surface area contributed by atoms with Gasteiger partial charge in [-0.05, 0) is 43.7 Å². The minimum Gasteiger partial charge on any atom is -0.497 e. The first kappa shape index (κ1) is 20.1. The van der Waals surface area contributed by atoms with Crippen molar-refractivity contribution in [2.75, 3.05) is 7.11 Å². The van der Waals surface area contributed by atoms with E-state index in [9.17, 15) is 9.59 Å². The van der Waals surface area contributed by atoms with Crippen LogP contribution >= 0.6 is 0 Å². The van der Waals surface area contributed by atoms with Gasteiger partial charge in [-0.2, -0.15) is 0 Å². The third kappa shape index (κ3) is 5.01. The lowest BCUT2D eigenvalue weighted by molar-refractivity contribution is -0.123. The maximum atomic E-state index is 12.4. The van der Waals surface area contributed by atoms with Gasteiger partial charge in [0.15, 0.2) is 11.5 Å². The summed E-state index contributed by atoms with van der Waals surface area (Å²) in [5.41, 5.74) is 1.85. The van der Waals surface area contributed by atoms with E-state index in [-0.39, 0.29) is 17.6 Å². The molecule has 0 saturated heterocycles. The van der Waals surface area contributed by atoms with Crippen molar-refractivity contribution >= 4 is 11.8 Å². The number of amides is 2. The van der Waals surface area contributed by atoms with Crippen LogP contribution in [-0.4, -0.2) is 30.1 Å². The Morgan fingerprint density at radius 3 is 2.34 bits per heavy atom. The minimum atomic E-state index is -0.727. The second-order valence-electron chi connectivity index (χ2n) is 6.64. The largest absolute Gasteiger partial charge is 0.497 e. The molecule has 0 bridgehead atoms. The molecule has 2 atom stereocenters. The molecular weight excluding hydrogens is 370 g/mol. The zero-order valence-electron chi connectivity index (χ0n) is 16.5. The lowest BCUT2D eigenvalue weighted by Crippen LogP contribution is -2.45. The summed E-state index contributed by atoms with van der Waals surface area (Å²) in [7, 11) is 1.59. The van der Waals surface area contributed by atoms with Crippen LogP contribution < -0.4 is 15.4 Å². The highest BCUT2D eigenvalue weighted by atomic mass is 16.5. The third-order valence-corrected chi connectivity index (χ3v) is 4.52. The van der Waals surface area contributed by atoms with Crippen LogP contribution in [0.3, 0.4) is 0 Å². The predicted molar refractivity (Wildman–Crippen MR) is 108 cm³/mol. The summed E-state index contributed by atoms with van der Waals surface area (Å²) in [5.74, 6) is 0.403. The van der Waals surface area contributed by atoms with Crippen LogP contribution in [0.2, 0.25) is 0 Å². The summed E-state index contributed by atoms with van der Waals surface area (Å²) in [4.78, 5) is 24.8. The molecule has 2 amide bonds. The van der Waals surface area contributed by atoms with Crippen LogP contribution in [0.25, 0.3) is 11.3 Å². The highest BCUT2D eigenvalue weighted by Crippen LogP contribution is 2.23. The van der Waals surface area contributed by atoms with Crippen molar-refractivity contribution < 1.29 is 18.8 Å². The standard InChI is InChI=1S/C22H23N3O4/c1-14(16-7-5-4-6-8-16)23-21(26)15(2)24-22(27)19-13-20(29-25-19)17-9-11-18(28-3)12-10-17/h4-15H,1-3H3,(H,23,26)(H,24,27)/t14-,15+/m0/s1. The molecular formula is C22H23N3O4. The first-order chi connectivity index (χ1) is 14.0. The molecule has 1 aromatic heterocycles. The van der Waals surface area contributed by atoms with E-state index in [0.717, 1.165) is 16.9 Å². The fourth-order valence-electron chi connectivity index (χ4n) is 2.77. The summed E-state index contributed by atoms with van der Waals surface area (Å²) in [6, 6.07) is 17.4. The van der Waals surface area contributed by atoms with E-state index in [4.69, 9.17) is 9.26 Å². The van der Waals surface area contributed by atoms with Gasteiger partial charge in [0.25, 0.3) is 5.91 Å². The molecule has 0 saturated carbocycles. The number of rotatable bonds is 7. The van der Waals surface area contributed by atoms with Crippen molar-refractivity contribution in [2.45, 2.75) is 25.9 Å². The number of nitrogens with one attached hydrogen (secondary N) is 2. The molecule has 0 fully saturated rings. The van der Waals surface area contributed by atoms with Crippen LogP contribution in [0.5, 0.6) is 5.75 Å². The van der Waals surface area contributed by atoms with Gasteiger partial charge < -0.3 is 19.9 Å². The van der Waals surface area contributed by atoms with Gasteiger partial charge in [-0.3, -0.25) is 9.59 Å². The van der Waals surface area contributed by atoms with Crippen molar-refractivity contribution in [1.29, 1.82) is 0 Å². The van der Waals surface area contributed by atoms with E-state index >= 15 is 0 Å². The molecule has 3 rings (SSSR count). The zero-order valence-corrected chi connectivity index (χ0v) is 16.5. The van der Waals surface area contributed by atoms with Gasteiger partial charge in [0.05, 0.1) is 13.2 Å². The van der Waals surface area contributed by atoms with Crippen LogP contribution in [0.1, 0.15) is 35.9 Å². The monoisotopic (exact) mass is 393 g/mol. The van der Waals surface area contributed by atoms with E-state index in [1.165, 1.54) is 6.07 Å². The highest BCUT2D eigenvalue weighted by molar-refractivity contribution is 5.96. The Balaban J connectivity index is 1.59. The number of aromatic nitrogens is 1. The maximum absolute atomic E-state index is 12.4. The molecule has 150 valence electrons. The zero-order chi connectivity index (χ0) is 20.8. The summed E-state index contributed by atoms with van der Waals surface area (Å²) in [5, 5.41) is 9.33. The van der Waals surface area contributed by atoms with Crippen molar-refractivity contribution in [3.8, 4) is 17.1 Å². The number of hydrogen-bond donors (Lipinski definition) is 2. The summed E-state index contributed by atoms with van der Waals surface area (Å²) in [6.45, 7) is 3.51. The van der Waals surface area contributed by atoms with Crippen molar-refractivity contribution in [3.05, 3.63) is 71.9 Å². The van der Waals surface area contributed by atoms with Crippen molar-refractivity contribution in [3.63, 3.8) is 0 Å². The lowest BCUT2D eigenvalue weighted by Gasteiger charge is -2.18. The fourth-order valence-corrected chi connectivity index (χ4v) is 2.77. The number of hydrogen-bond acceptors (Lipinski definition) is 5. The van der Waals surface area contributed by atoms with E-state index in [1.807, 2.05) is 49.4 Å². The topological polar surface area (TPSA) is 93.5 Å². The summed E-state index contributed by atoms with van der Waals surface area (Å²) >= 11 is 0. The Morgan fingerprint density at radius 1 is 1.00 bits per heavy atom. The SMILES string of the molecule is COc1ccc(-c2cc(C(=O)N[C@H](C)C(=O)N[C@@H](C)c3ccccc3)no2)cc1. The molecule has 3 aromatic rings. The van der Waals surface area contributed by atoms with Gasteiger partial charge in [0, 0.05) is 11.6 Å². The average Bonchev–Trinajstić information content (AvgIpc) is 3.24. The number of nitrogens with zero attached hydrogens (tertiary/aromatic N) is 1. The number of carbonyl (C=O) groups is 2. The van der Waals surface area contributed by atoms with Gasteiger partial charge >= 0.3 is 0 Å². The first-order valence-corrected chi connectivity index (χ1v) is 9.25. The van der Waals surface area contributed by atoms with E-state index in [2.05, 4.69) is 15.8 Å². The Hall–Kier alpha value is -3.61. The molecule has 2 N–H and O–H groups in total. The lowest BCUT2D eigenvalue weighted by atomic mass is 10.1. The second kappa shape index (κ2) is 9.05. The molecule has 0 radical (unpaired) electrons. The van der Waals surface area contributed by atoms with E-state index in [0.29, 0.717) is 5.76 Å². The van der Waals surface area contributed by atoms with Crippen LogP contribution in [-0.2, 0) is 4.79 Å². The van der Waals surface area contributed by atoms with Crippen LogP contribution in [0.4, 0.5) is 0 Å². The van der Waals surface area contributed by atoms with Crippen LogP contribution in [0, 0.1) is 0 Å². The van der Waals surface area contributed by atoms with Gasteiger partial charge in [0.1, 0.15) is 11.8 Å². The summed E-state index contributed by atoms with van der Waals surface area (Å²) in [6.07, 6.45) is 0. The van der Waals surface area contributed by atoms with Gasteiger partial charge in [-0.25, -0.2) is 0 Å². The normalized spacial score (nSPS) is 12.7. The number of benzene rings is 2. The molecule has 0 spiro atoms. The Bertz CT molecular complexity index is 967. The molecule has 0 unspecified atom stereocenters. The Kier molecular flexibility index (Phi) is 6.29. The minimum absolute atomic E-state index is 0.103. The molecule has 7 heteroatoms. The number of ether oxygens (including phenoxy) is 1. The van der Waals surface area contributed by atoms with Crippen molar-refractivity contribution in [2.24, 2.45) is 0 Å². The Morgan fingerprint density at radius 2 is 1.69 bits per heavy atom. The van der Waals surface area contributed by atoms with Gasteiger partial charge in [-0.15, -0.1) is 0 Å². The second-order valence-corrected chi connectivity index (χ2v) is 6.64.